The monoisotopic (exact) mass is 181 g/mol. The maximum Gasteiger partial charge on any atom is 0.173 e. The minimum atomic E-state index is 0.0556. The van der Waals surface area contributed by atoms with Crippen molar-refractivity contribution >= 4 is 24.7 Å². The zero-order valence-electron chi connectivity index (χ0n) is 6.88. The molecule has 0 spiro atoms. The van der Waals surface area contributed by atoms with Crippen LogP contribution in [0.1, 0.15) is 10.5 Å². The standard InChI is InChI=1S/C8H9BClNO/c1-9-5-8(12)7-4-6(10)2-3-11-7/h2-4,9H,5H2,1H3. The Bertz CT molecular complexity index is 290. The lowest BCUT2D eigenvalue weighted by Gasteiger charge is -1.96. The maximum atomic E-state index is 11.3. The highest BCUT2D eigenvalue weighted by atomic mass is 35.5. The van der Waals surface area contributed by atoms with Crippen molar-refractivity contribution in [2.45, 2.75) is 13.1 Å². The van der Waals surface area contributed by atoms with Gasteiger partial charge in [-0.1, -0.05) is 18.4 Å². The molecule has 0 aliphatic carbocycles. The fraction of sp³-hybridized carbons (Fsp3) is 0.250. The molecular weight excluding hydrogens is 172 g/mol. The van der Waals surface area contributed by atoms with Gasteiger partial charge in [0.1, 0.15) is 13.0 Å². The highest BCUT2D eigenvalue weighted by molar-refractivity contribution is 6.41. The molecular formula is C8H9BClNO. The number of aromatic nitrogens is 1. The van der Waals surface area contributed by atoms with Crippen molar-refractivity contribution in [3.63, 3.8) is 0 Å². The van der Waals surface area contributed by atoms with E-state index in [1.165, 1.54) is 0 Å². The van der Waals surface area contributed by atoms with Gasteiger partial charge in [0.05, 0.1) is 0 Å². The molecule has 0 aliphatic rings. The van der Waals surface area contributed by atoms with Crippen LogP contribution in [0.3, 0.4) is 0 Å². The Hall–Kier alpha value is -0.825. The third-order valence-corrected chi connectivity index (χ3v) is 1.72. The molecule has 1 rings (SSSR count). The summed E-state index contributed by atoms with van der Waals surface area (Å²) < 4.78 is 0. The van der Waals surface area contributed by atoms with Crippen LogP contribution in [0.5, 0.6) is 0 Å². The molecule has 0 aromatic carbocycles. The summed E-state index contributed by atoms with van der Waals surface area (Å²) in [6.45, 7) is 1.96. The highest BCUT2D eigenvalue weighted by Gasteiger charge is 2.05. The average molecular weight is 181 g/mol. The third-order valence-electron chi connectivity index (χ3n) is 1.48. The molecule has 0 aliphatic heterocycles. The lowest BCUT2D eigenvalue weighted by atomic mass is 9.76. The largest absolute Gasteiger partial charge is 0.293 e. The number of ketones is 1. The molecule has 0 saturated heterocycles. The molecule has 1 aromatic rings. The van der Waals surface area contributed by atoms with Crippen molar-refractivity contribution in [2.75, 3.05) is 0 Å². The molecule has 0 radical (unpaired) electrons. The maximum absolute atomic E-state index is 11.3. The summed E-state index contributed by atoms with van der Waals surface area (Å²) in [6.07, 6.45) is 2.08. The van der Waals surface area contributed by atoms with Gasteiger partial charge in [-0.3, -0.25) is 9.78 Å². The molecule has 2 nitrogen and oxygen atoms in total. The summed E-state index contributed by atoms with van der Waals surface area (Å²) in [5, 5.41) is 0.560. The summed E-state index contributed by atoms with van der Waals surface area (Å²) in [5.41, 5.74) is 0.462. The second-order valence-electron chi connectivity index (χ2n) is 2.53. The molecule has 1 aromatic heterocycles. The van der Waals surface area contributed by atoms with Crippen molar-refractivity contribution in [3.8, 4) is 0 Å². The van der Waals surface area contributed by atoms with E-state index in [0.717, 1.165) is 7.28 Å². The lowest BCUT2D eigenvalue weighted by Crippen LogP contribution is -2.03. The smallest absolute Gasteiger partial charge is 0.173 e. The van der Waals surface area contributed by atoms with Gasteiger partial charge in [-0.2, -0.15) is 0 Å². The molecule has 62 valence electrons. The zero-order chi connectivity index (χ0) is 8.97. The van der Waals surface area contributed by atoms with Gasteiger partial charge in [0.25, 0.3) is 0 Å². The quantitative estimate of drug-likeness (QED) is 0.526. The van der Waals surface area contributed by atoms with Gasteiger partial charge < -0.3 is 0 Å². The minimum Gasteiger partial charge on any atom is -0.293 e. The van der Waals surface area contributed by atoms with Crippen LogP contribution in [-0.4, -0.2) is 18.0 Å². The molecule has 0 unspecified atom stereocenters. The van der Waals surface area contributed by atoms with Gasteiger partial charge in [-0.15, -0.1) is 0 Å². The molecule has 0 atom stereocenters. The molecule has 1 heterocycles. The van der Waals surface area contributed by atoms with E-state index in [9.17, 15) is 4.79 Å². The van der Waals surface area contributed by atoms with Crippen molar-refractivity contribution < 1.29 is 4.79 Å². The number of rotatable bonds is 3. The Morgan fingerprint density at radius 3 is 3.08 bits per heavy atom. The van der Waals surface area contributed by atoms with Crippen LogP contribution in [0.2, 0.25) is 18.2 Å². The summed E-state index contributed by atoms with van der Waals surface area (Å²) >= 11 is 5.70. The van der Waals surface area contributed by atoms with Crippen molar-refractivity contribution in [3.05, 3.63) is 29.0 Å². The van der Waals surface area contributed by atoms with Gasteiger partial charge in [0.15, 0.2) is 5.78 Å². The molecule has 0 bridgehead atoms. The molecule has 12 heavy (non-hydrogen) atoms. The van der Waals surface area contributed by atoms with Crippen LogP contribution >= 0.6 is 11.6 Å². The second-order valence-corrected chi connectivity index (χ2v) is 2.97. The van der Waals surface area contributed by atoms with Crippen LogP contribution < -0.4 is 0 Å². The number of nitrogens with zero attached hydrogens (tertiary/aromatic N) is 1. The predicted molar refractivity (Wildman–Crippen MR) is 51.4 cm³/mol. The van der Waals surface area contributed by atoms with E-state index < -0.39 is 0 Å². The minimum absolute atomic E-state index is 0.0556. The Labute approximate surface area is 77.2 Å². The van der Waals surface area contributed by atoms with E-state index in [-0.39, 0.29) is 5.78 Å². The first-order valence-corrected chi connectivity index (χ1v) is 4.26. The van der Waals surface area contributed by atoms with Gasteiger partial charge in [0, 0.05) is 11.2 Å². The summed E-state index contributed by atoms with van der Waals surface area (Å²) in [4.78, 5) is 15.2. The van der Waals surface area contributed by atoms with E-state index in [4.69, 9.17) is 11.6 Å². The van der Waals surface area contributed by atoms with E-state index in [2.05, 4.69) is 4.98 Å². The van der Waals surface area contributed by atoms with E-state index in [1.54, 1.807) is 18.3 Å². The number of hydrogen-bond acceptors (Lipinski definition) is 2. The summed E-state index contributed by atoms with van der Waals surface area (Å²) in [7, 11) is 0.840. The van der Waals surface area contributed by atoms with Crippen LogP contribution in [0.25, 0.3) is 0 Å². The van der Waals surface area contributed by atoms with E-state index in [0.29, 0.717) is 17.0 Å². The first-order valence-electron chi connectivity index (χ1n) is 3.88. The zero-order valence-corrected chi connectivity index (χ0v) is 7.64. The first kappa shape index (κ1) is 9.26. The summed E-state index contributed by atoms with van der Waals surface area (Å²) in [5.74, 6) is 0.0556. The number of Topliss-reactive ketones (excluding diaryl/α,β-unsaturated/α-hetero) is 1. The average Bonchev–Trinajstić information content (AvgIpc) is 2.05. The number of carbonyl (C=O) groups is 1. The highest BCUT2D eigenvalue weighted by Crippen LogP contribution is 2.09. The lowest BCUT2D eigenvalue weighted by molar-refractivity contribution is 0.101. The van der Waals surface area contributed by atoms with E-state index in [1.807, 2.05) is 6.82 Å². The Morgan fingerprint density at radius 1 is 1.75 bits per heavy atom. The fourth-order valence-corrected chi connectivity index (χ4v) is 1.07. The molecule has 0 saturated carbocycles. The van der Waals surface area contributed by atoms with Crippen molar-refractivity contribution in [2.24, 2.45) is 0 Å². The van der Waals surface area contributed by atoms with Gasteiger partial charge in [-0.05, 0) is 18.5 Å². The topological polar surface area (TPSA) is 30.0 Å². The van der Waals surface area contributed by atoms with Gasteiger partial charge in [0.2, 0.25) is 0 Å². The predicted octanol–water partition coefficient (Wildman–Crippen LogP) is 1.82. The van der Waals surface area contributed by atoms with E-state index >= 15 is 0 Å². The van der Waals surface area contributed by atoms with Crippen LogP contribution in [0.4, 0.5) is 0 Å². The molecule has 0 fully saturated rings. The van der Waals surface area contributed by atoms with Crippen LogP contribution in [0.15, 0.2) is 18.3 Å². The SMILES string of the molecule is CBCC(=O)c1cc(Cl)ccn1. The fourth-order valence-electron chi connectivity index (χ4n) is 0.912. The number of halogens is 1. The van der Waals surface area contributed by atoms with Gasteiger partial charge in [-0.25, -0.2) is 0 Å². The molecule has 4 heteroatoms. The third kappa shape index (κ3) is 2.34. The van der Waals surface area contributed by atoms with Crippen molar-refractivity contribution in [1.82, 2.24) is 4.98 Å². The number of carbonyl (C=O) groups excluding carboxylic acids is 1. The Kier molecular flexibility index (Phi) is 3.29. The Morgan fingerprint density at radius 2 is 2.50 bits per heavy atom. The van der Waals surface area contributed by atoms with Crippen molar-refractivity contribution in [1.29, 1.82) is 0 Å². The van der Waals surface area contributed by atoms with Crippen LogP contribution in [-0.2, 0) is 0 Å². The molecule has 0 amide bonds. The normalized spacial score (nSPS) is 9.50. The molecule has 0 N–H and O–H groups in total. The number of hydrogen-bond donors (Lipinski definition) is 0. The Balaban J connectivity index is 2.81. The first-order chi connectivity index (χ1) is 5.74. The van der Waals surface area contributed by atoms with Crippen LogP contribution in [0, 0.1) is 0 Å². The summed E-state index contributed by atoms with van der Waals surface area (Å²) in [6, 6.07) is 3.25. The second kappa shape index (κ2) is 4.26. The van der Waals surface area contributed by atoms with Gasteiger partial charge >= 0.3 is 0 Å². The number of pyridine rings is 1.